The summed E-state index contributed by atoms with van der Waals surface area (Å²) in [7, 11) is 0. The molecule has 0 spiro atoms. The zero-order chi connectivity index (χ0) is 20.3. The van der Waals surface area contributed by atoms with Crippen LogP contribution in [0.4, 0.5) is 4.39 Å². The summed E-state index contributed by atoms with van der Waals surface area (Å²) in [5.74, 6) is -2.00. The van der Waals surface area contributed by atoms with Crippen molar-refractivity contribution < 1.29 is 23.5 Å². The van der Waals surface area contributed by atoms with Crippen molar-refractivity contribution in [3.63, 3.8) is 0 Å². The highest BCUT2D eigenvalue weighted by Gasteiger charge is 2.25. The first-order chi connectivity index (χ1) is 13.4. The third kappa shape index (κ3) is 4.41. The van der Waals surface area contributed by atoms with Crippen LogP contribution in [-0.4, -0.2) is 33.5 Å². The second-order valence-corrected chi connectivity index (χ2v) is 6.08. The van der Waals surface area contributed by atoms with E-state index in [1.165, 1.54) is 18.2 Å². The van der Waals surface area contributed by atoms with Gasteiger partial charge >= 0.3 is 0 Å². The standard InChI is InChI=1S/C17H12ClFN4O4S/c1-2-26-12-6-8(5-9-13(24)21-17(28)22-14(9)25)3-4-11(12)27-15-10(19)7-20-16(18)23-15/h3-7H,2H2,1H3,(H2,21,22,24,25,28). The lowest BCUT2D eigenvalue weighted by Crippen LogP contribution is -2.51. The first-order valence-corrected chi connectivity index (χ1v) is 8.67. The quantitative estimate of drug-likeness (QED) is 0.330. The van der Waals surface area contributed by atoms with E-state index in [1.54, 1.807) is 13.0 Å². The Kier molecular flexibility index (Phi) is 5.81. The number of hydrogen-bond donors (Lipinski definition) is 2. The lowest BCUT2D eigenvalue weighted by atomic mass is 10.1. The minimum Gasteiger partial charge on any atom is -0.490 e. The van der Waals surface area contributed by atoms with Gasteiger partial charge in [0.15, 0.2) is 16.6 Å². The van der Waals surface area contributed by atoms with E-state index in [4.69, 9.17) is 33.3 Å². The maximum atomic E-state index is 13.8. The molecule has 1 aromatic heterocycles. The number of amides is 2. The van der Waals surface area contributed by atoms with Crippen LogP contribution in [0, 0.1) is 5.82 Å². The molecule has 0 unspecified atom stereocenters. The molecule has 0 radical (unpaired) electrons. The van der Waals surface area contributed by atoms with E-state index in [-0.39, 0.29) is 33.3 Å². The lowest BCUT2D eigenvalue weighted by molar-refractivity contribution is -0.123. The fourth-order valence-corrected chi connectivity index (χ4v) is 2.56. The minimum absolute atomic E-state index is 0.0589. The second kappa shape index (κ2) is 8.28. The van der Waals surface area contributed by atoms with Gasteiger partial charge in [0, 0.05) is 0 Å². The van der Waals surface area contributed by atoms with E-state index in [9.17, 15) is 14.0 Å². The number of nitrogens with one attached hydrogen (secondary N) is 2. The van der Waals surface area contributed by atoms with E-state index in [1.807, 2.05) is 0 Å². The molecule has 0 aliphatic carbocycles. The molecule has 1 aliphatic rings. The molecule has 3 rings (SSSR count). The van der Waals surface area contributed by atoms with Gasteiger partial charge in [-0.3, -0.25) is 20.2 Å². The van der Waals surface area contributed by atoms with E-state index in [0.717, 1.165) is 6.20 Å². The van der Waals surface area contributed by atoms with Crippen LogP contribution in [0.1, 0.15) is 12.5 Å². The van der Waals surface area contributed by atoms with Crippen LogP contribution in [0.2, 0.25) is 5.28 Å². The van der Waals surface area contributed by atoms with Crippen molar-refractivity contribution in [1.82, 2.24) is 20.6 Å². The number of aromatic nitrogens is 2. The predicted molar refractivity (Wildman–Crippen MR) is 102 cm³/mol. The molecule has 1 saturated heterocycles. The molecule has 144 valence electrons. The number of benzene rings is 1. The summed E-state index contributed by atoms with van der Waals surface area (Å²) in [4.78, 5) is 31.1. The summed E-state index contributed by atoms with van der Waals surface area (Å²) in [6.45, 7) is 2.04. The molecule has 2 N–H and O–H groups in total. The fourth-order valence-electron chi connectivity index (χ4n) is 2.25. The van der Waals surface area contributed by atoms with Crippen molar-refractivity contribution in [3.05, 3.63) is 46.6 Å². The maximum Gasteiger partial charge on any atom is 0.263 e. The number of nitrogens with zero attached hydrogens (tertiary/aromatic N) is 2. The van der Waals surface area contributed by atoms with Gasteiger partial charge < -0.3 is 9.47 Å². The zero-order valence-corrected chi connectivity index (χ0v) is 15.9. The van der Waals surface area contributed by atoms with Gasteiger partial charge in [0.1, 0.15) is 5.57 Å². The largest absolute Gasteiger partial charge is 0.490 e. The third-order valence-corrected chi connectivity index (χ3v) is 3.80. The van der Waals surface area contributed by atoms with Crippen LogP contribution in [-0.2, 0) is 9.59 Å². The Morgan fingerprint density at radius 3 is 2.64 bits per heavy atom. The molecule has 2 aromatic rings. The normalized spacial score (nSPS) is 13.7. The van der Waals surface area contributed by atoms with Gasteiger partial charge in [-0.15, -0.1) is 0 Å². The molecule has 0 atom stereocenters. The Bertz CT molecular complexity index is 993. The Morgan fingerprint density at radius 1 is 1.25 bits per heavy atom. The zero-order valence-electron chi connectivity index (χ0n) is 14.3. The summed E-state index contributed by atoms with van der Waals surface area (Å²) in [6.07, 6.45) is 2.25. The van der Waals surface area contributed by atoms with E-state index in [0.29, 0.717) is 12.2 Å². The summed E-state index contributed by atoms with van der Waals surface area (Å²) < 4.78 is 24.8. The van der Waals surface area contributed by atoms with Crippen molar-refractivity contribution >= 4 is 46.8 Å². The van der Waals surface area contributed by atoms with E-state index >= 15 is 0 Å². The predicted octanol–water partition coefficient (Wildman–Crippen LogP) is 2.37. The molecule has 0 saturated carbocycles. The molecule has 1 fully saturated rings. The third-order valence-electron chi connectivity index (χ3n) is 3.41. The molecular formula is C17H12ClFN4O4S. The minimum atomic E-state index is -0.801. The van der Waals surface area contributed by atoms with Gasteiger partial charge in [-0.25, -0.2) is 4.98 Å². The van der Waals surface area contributed by atoms with Crippen LogP contribution in [0.25, 0.3) is 6.08 Å². The average molecular weight is 423 g/mol. The molecular weight excluding hydrogens is 411 g/mol. The Hall–Kier alpha value is -3.11. The molecule has 1 aromatic carbocycles. The first-order valence-electron chi connectivity index (χ1n) is 7.88. The van der Waals surface area contributed by atoms with Gasteiger partial charge in [-0.1, -0.05) is 6.07 Å². The molecule has 2 heterocycles. The molecule has 2 amide bonds. The van der Waals surface area contributed by atoms with Crippen LogP contribution < -0.4 is 20.1 Å². The summed E-state index contributed by atoms with van der Waals surface area (Å²) in [5.41, 5.74) is 0.350. The lowest BCUT2D eigenvalue weighted by Gasteiger charge is -2.16. The summed E-state index contributed by atoms with van der Waals surface area (Å²) >= 11 is 10.4. The average Bonchev–Trinajstić information content (AvgIpc) is 2.63. The van der Waals surface area contributed by atoms with Gasteiger partial charge in [0.05, 0.1) is 12.8 Å². The molecule has 11 heteroatoms. The van der Waals surface area contributed by atoms with Crippen molar-refractivity contribution in [2.75, 3.05) is 6.61 Å². The number of rotatable bonds is 5. The maximum absolute atomic E-state index is 13.8. The number of carbonyl (C=O) groups excluding carboxylic acids is 2. The Balaban J connectivity index is 1.94. The highest BCUT2D eigenvalue weighted by molar-refractivity contribution is 7.80. The van der Waals surface area contributed by atoms with Crippen LogP contribution in [0.3, 0.4) is 0 Å². The number of ether oxygens (including phenoxy) is 2. The number of halogens is 2. The van der Waals surface area contributed by atoms with Crippen molar-refractivity contribution in [2.24, 2.45) is 0 Å². The number of carbonyl (C=O) groups is 2. The van der Waals surface area contributed by atoms with Crippen molar-refractivity contribution in [2.45, 2.75) is 6.92 Å². The summed E-state index contributed by atoms with van der Waals surface area (Å²) in [5, 5.41) is 4.45. The van der Waals surface area contributed by atoms with E-state index < -0.39 is 17.6 Å². The smallest absolute Gasteiger partial charge is 0.263 e. The van der Waals surface area contributed by atoms with Crippen molar-refractivity contribution in [1.29, 1.82) is 0 Å². The Labute approximate surface area is 168 Å². The molecule has 8 nitrogen and oxygen atoms in total. The monoisotopic (exact) mass is 422 g/mol. The highest BCUT2D eigenvalue weighted by atomic mass is 35.5. The highest BCUT2D eigenvalue weighted by Crippen LogP contribution is 2.33. The Morgan fingerprint density at radius 2 is 1.96 bits per heavy atom. The van der Waals surface area contributed by atoms with Gasteiger partial charge in [0.25, 0.3) is 17.7 Å². The first kappa shape index (κ1) is 19.6. The molecule has 1 aliphatic heterocycles. The van der Waals surface area contributed by atoms with Crippen LogP contribution >= 0.6 is 23.8 Å². The molecule has 0 bridgehead atoms. The van der Waals surface area contributed by atoms with Crippen LogP contribution in [0.15, 0.2) is 30.0 Å². The number of hydrogen-bond acceptors (Lipinski definition) is 7. The fraction of sp³-hybridized carbons (Fsp3) is 0.118. The van der Waals surface area contributed by atoms with Gasteiger partial charge in [0.2, 0.25) is 11.1 Å². The van der Waals surface area contributed by atoms with Gasteiger partial charge in [-0.2, -0.15) is 9.37 Å². The van der Waals surface area contributed by atoms with E-state index in [2.05, 4.69) is 20.6 Å². The van der Waals surface area contributed by atoms with Crippen molar-refractivity contribution in [3.8, 4) is 17.4 Å². The second-order valence-electron chi connectivity index (χ2n) is 5.33. The van der Waals surface area contributed by atoms with Crippen LogP contribution in [0.5, 0.6) is 17.4 Å². The molecule has 28 heavy (non-hydrogen) atoms. The number of thiocarbonyl (C=S) groups is 1. The summed E-state index contributed by atoms with van der Waals surface area (Å²) in [6, 6.07) is 4.56. The SMILES string of the molecule is CCOc1cc(C=C2C(=O)NC(=S)NC2=O)ccc1Oc1nc(Cl)ncc1F. The topological polar surface area (TPSA) is 102 Å². The van der Waals surface area contributed by atoms with Gasteiger partial charge in [-0.05, 0) is 54.5 Å².